The van der Waals surface area contributed by atoms with E-state index < -0.39 is 12.1 Å². The van der Waals surface area contributed by atoms with E-state index in [2.05, 4.69) is 28.1 Å². The molecule has 1 aliphatic rings. The molecule has 1 saturated heterocycles. The predicted molar refractivity (Wildman–Crippen MR) is 112 cm³/mol. The van der Waals surface area contributed by atoms with Crippen LogP contribution in [0.15, 0.2) is 83.3 Å². The average molecular weight is 451 g/mol. The Hall–Kier alpha value is -2.96. The molecular formula is C23H19BrN2O3. The molecule has 1 aliphatic heterocycles. The van der Waals surface area contributed by atoms with Crippen molar-refractivity contribution in [3.8, 4) is 0 Å². The molecule has 0 radical (unpaired) electrons. The molecule has 6 heteroatoms. The fraction of sp³-hybridized carbons (Fsp3) is 0.130. The van der Waals surface area contributed by atoms with Crippen LogP contribution in [0.4, 0.5) is 0 Å². The van der Waals surface area contributed by atoms with Crippen molar-refractivity contribution in [1.29, 1.82) is 0 Å². The first-order valence-electron chi connectivity index (χ1n) is 9.23. The summed E-state index contributed by atoms with van der Waals surface area (Å²) in [7, 11) is 0. The molecule has 0 spiro atoms. The lowest BCUT2D eigenvalue weighted by Gasteiger charge is -2.26. The average Bonchev–Trinajstić information content (AvgIpc) is 3.03. The van der Waals surface area contributed by atoms with E-state index in [1.165, 1.54) is 10.5 Å². The Morgan fingerprint density at radius 3 is 2.34 bits per heavy atom. The van der Waals surface area contributed by atoms with Crippen LogP contribution >= 0.6 is 15.9 Å². The Balaban J connectivity index is 1.56. The van der Waals surface area contributed by atoms with Crippen molar-refractivity contribution in [2.24, 2.45) is 0 Å². The minimum atomic E-state index is -0.850. The number of amides is 2. The molecule has 3 aromatic carbocycles. The molecule has 1 N–H and O–H groups in total. The summed E-state index contributed by atoms with van der Waals surface area (Å²) in [5.74, 6) is -0.810. The summed E-state index contributed by atoms with van der Waals surface area (Å²) in [5.41, 5.74) is 3.42. The zero-order valence-corrected chi connectivity index (χ0v) is 17.1. The lowest BCUT2D eigenvalue weighted by atomic mass is 10.0. The topological polar surface area (TPSA) is 60.9 Å². The lowest BCUT2D eigenvalue weighted by Crippen LogP contribution is -2.34. The largest absolute Gasteiger partial charge is 0.302 e. The van der Waals surface area contributed by atoms with Crippen LogP contribution in [0.1, 0.15) is 33.2 Å². The summed E-state index contributed by atoms with van der Waals surface area (Å²) in [5, 5.41) is 10.9. The number of hydrogen-bond acceptors (Lipinski definition) is 3. The number of hydroxylamine groups is 2. The quantitative estimate of drug-likeness (QED) is 0.598. The van der Waals surface area contributed by atoms with E-state index in [4.69, 9.17) is 0 Å². The lowest BCUT2D eigenvalue weighted by molar-refractivity contribution is -0.168. The molecule has 3 aromatic rings. The number of halogens is 1. The van der Waals surface area contributed by atoms with Gasteiger partial charge in [0.1, 0.15) is 6.54 Å². The van der Waals surface area contributed by atoms with Gasteiger partial charge in [0.25, 0.3) is 11.8 Å². The van der Waals surface area contributed by atoms with E-state index in [1.807, 2.05) is 36.4 Å². The van der Waals surface area contributed by atoms with Crippen LogP contribution in [-0.4, -0.2) is 33.5 Å². The molecular weight excluding hydrogens is 432 g/mol. The fourth-order valence-electron chi connectivity index (χ4n) is 3.51. The van der Waals surface area contributed by atoms with Crippen molar-refractivity contribution >= 4 is 27.7 Å². The number of carbonyl (C=O) groups is 2. The Labute approximate surface area is 177 Å². The molecule has 2 amide bonds. The van der Waals surface area contributed by atoms with Gasteiger partial charge in [-0.05, 0) is 47.4 Å². The van der Waals surface area contributed by atoms with Gasteiger partial charge in [-0.2, -0.15) is 5.06 Å². The molecule has 1 fully saturated rings. The molecule has 29 heavy (non-hydrogen) atoms. The van der Waals surface area contributed by atoms with Gasteiger partial charge in [-0.1, -0.05) is 70.5 Å². The Morgan fingerprint density at radius 2 is 1.66 bits per heavy atom. The van der Waals surface area contributed by atoms with Crippen molar-refractivity contribution in [2.75, 3.05) is 6.54 Å². The zero-order valence-electron chi connectivity index (χ0n) is 15.5. The van der Waals surface area contributed by atoms with Gasteiger partial charge >= 0.3 is 0 Å². The van der Waals surface area contributed by atoms with E-state index in [0.29, 0.717) is 16.2 Å². The van der Waals surface area contributed by atoms with Crippen LogP contribution in [0.2, 0.25) is 0 Å². The van der Waals surface area contributed by atoms with Crippen LogP contribution in [0.25, 0.3) is 0 Å². The van der Waals surface area contributed by atoms with Crippen LogP contribution in [0.3, 0.4) is 0 Å². The van der Waals surface area contributed by atoms with Crippen molar-refractivity contribution in [1.82, 2.24) is 9.96 Å². The Bertz CT molecular complexity index is 1040. The highest BCUT2D eigenvalue weighted by molar-refractivity contribution is 9.10. The van der Waals surface area contributed by atoms with E-state index in [-0.39, 0.29) is 12.5 Å². The van der Waals surface area contributed by atoms with Crippen LogP contribution in [0.5, 0.6) is 0 Å². The van der Waals surface area contributed by atoms with Crippen molar-refractivity contribution < 1.29 is 14.8 Å². The monoisotopic (exact) mass is 450 g/mol. The minimum Gasteiger partial charge on any atom is -0.302 e. The number of carbonyl (C=O) groups excluding carboxylic acids is 2. The third-order valence-corrected chi connectivity index (χ3v) is 5.44. The van der Waals surface area contributed by atoms with E-state index in [9.17, 15) is 14.8 Å². The molecule has 0 aliphatic carbocycles. The number of rotatable bonds is 4. The zero-order chi connectivity index (χ0) is 20.4. The SMILES string of the molecule is O=C1CN(C(=O)c2ccc(Cc3ccccc3)cc2)C(c2cccc(Br)c2)N1O. The third kappa shape index (κ3) is 4.09. The van der Waals surface area contributed by atoms with E-state index >= 15 is 0 Å². The summed E-state index contributed by atoms with van der Waals surface area (Å²) < 4.78 is 0.806. The first-order chi connectivity index (χ1) is 14.0. The summed E-state index contributed by atoms with van der Waals surface area (Å²) in [6.07, 6.45) is -0.0701. The van der Waals surface area contributed by atoms with E-state index in [1.54, 1.807) is 30.3 Å². The highest BCUT2D eigenvalue weighted by Crippen LogP contribution is 2.32. The van der Waals surface area contributed by atoms with Crippen LogP contribution in [-0.2, 0) is 11.2 Å². The predicted octanol–water partition coefficient (Wildman–Crippen LogP) is 4.41. The standard InChI is InChI=1S/C23H19BrN2O3/c24-20-8-4-7-19(14-20)22-25(15-21(27)26(22)29)23(28)18-11-9-17(10-12-18)13-16-5-2-1-3-6-16/h1-12,14,22,29H,13,15H2. The van der Waals surface area contributed by atoms with Gasteiger partial charge < -0.3 is 4.90 Å². The second-order valence-corrected chi connectivity index (χ2v) is 7.88. The highest BCUT2D eigenvalue weighted by atomic mass is 79.9. The molecule has 1 unspecified atom stereocenters. The molecule has 0 aromatic heterocycles. The second-order valence-electron chi connectivity index (χ2n) is 6.96. The maximum Gasteiger partial charge on any atom is 0.267 e. The molecule has 0 bridgehead atoms. The minimum absolute atomic E-state index is 0.168. The maximum atomic E-state index is 13.1. The van der Waals surface area contributed by atoms with Gasteiger partial charge in [-0.3, -0.25) is 14.8 Å². The van der Waals surface area contributed by atoms with Gasteiger partial charge in [-0.25, -0.2) is 0 Å². The summed E-state index contributed by atoms with van der Waals surface area (Å²) >= 11 is 3.39. The normalized spacial score (nSPS) is 16.3. The van der Waals surface area contributed by atoms with Gasteiger partial charge in [0, 0.05) is 10.0 Å². The van der Waals surface area contributed by atoms with Gasteiger partial charge in [0.05, 0.1) is 0 Å². The summed E-state index contributed by atoms with van der Waals surface area (Å²) in [6.45, 7) is -0.168. The van der Waals surface area contributed by atoms with Crippen molar-refractivity contribution in [2.45, 2.75) is 12.6 Å². The number of nitrogens with zero attached hydrogens (tertiary/aromatic N) is 2. The Kier molecular flexibility index (Phi) is 5.47. The number of benzene rings is 3. The maximum absolute atomic E-state index is 13.1. The molecule has 1 atom stereocenters. The van der Waals surface area contributed by atoms with E-state index in [0.717, 1.165) is 16.5 Å². The highest BCUT2D eigenvalue weighted by Gasteiger charge is 2.41. The second kappa shape index (κ2) is 8.19. The van der Waals surface area contributed by atoms with Crippen molar-refractivity contribution in [3.05, 3.63) is 106 Å². The smallest absolute Gasteiger partial charge is 0.267 e. The van der Waals surface area contributed by atoms with Gasteiger partial charge in [-0.15, -0.1) is 0 Å². The third-order valence-electron chi connectivity index (χ3n) is 4.95. The molecule has 1 heterocycles. The summed E-state index contributed by atoms with van der Waals surface area (Å²) in [4.78, 5) is 26.6. The molecule has 0 saturated carbocycles. The first kappa shape index (κ1) is 19.4. The van der Waals surface area contributed by atoms with Gasteiger partial charge in [0.2, 0.25) is 0 Å². The van der Waals surface area contributed by atoms with Gasteiger partial charge in [0.15, 0.2) is 6.17 Å². The number of hydrogen-bond donors (Lipinski definition) is 1. The molecule has 146 valence electrons. The summed E-state index contributed by atoms with van der Waals surface area (Å²) in [6, 6.07) is 24.7. The van der Waals surface area contributed by atoms with Crippen LogP contribution < -0.4 is 0 Å². The Morgan fingerprint density at radius 1 is 0.966 bits per heavy atom. The van der Waals surface area contributed by atoms with Crippen molar-refractivity contribution in [3.63, 3.8) is 0 Å². The molecule has 5 nitrogen and oxygen atoms in total. The van der Waals surface area contributed by atoms with Crippen LogP contribution in [0, 0.1) is 0 Å². The fourth-order valence-corrected chi connectivity index (χ4v) is 3.92. The molecule has 4 rings (SSSR count). The first-order valence-corrected chi connectivity index (χ1v) is 10.0.